The van der Waals surface area contributed by atoms with Crippen LogP contribution in [0.4, 0.5) is 13.2 Å². The first kappa shape index (κ1) is 26.9. The first-order chi connectivity index (χ1) is 18.5. The van der Waals surface area contributed by atoms with Crippen molar-refractivity contribution in [3.8, 4) is 0 Å². The zero-order valence-corrected chi connectivity index (χ0v) is 22.3. The third-order valence-electron chi connectivity index (χ3n) is 7.82. The molecule has 1 aliphatic heterocycles. The molecule has 1 fully saturated rings. The fourth-order valence-corrected chi connectivity index (χ4v) is 13.8. The number of hydrogen-bond donors (Lipinski definition) is 0. The van der Waals surface area contributed by atoms with Crippen LogP contribution in [0, 0.1) is 0 Å². The number of carbonyl (C=O) groups is 2. The summed E-state index contributed by atoms with van der Waals surface area (Å²) >= 11 is 0. The summed E-state index contributed by atoms with van der Waals surface area (Å²) in [4.78, 5) is 27.3. The van der Waals surface area contributed by atoms with Gasteiger partial charge in [0, 0.05) is 0 Å². The fourth-order valence-electron chi connectivity index (χ4n) is 6.41. The van der Waals surface area contributed by atoms with Gasteiger partial charge in [-0.25, -0.2) is 0 Å². The van der Waals surface area contributed by atoms with E-state index in [1.54, 1.807) is 91.0 Å². The van der Waals surface area contributed by atoms with Crippen LogP contribution < -0.4 is 15.9 Å². The molecule has 0 spiro atoms. The molecule has 2 unspecified atom stereocenters. The number of methoxy groups -OCH3 is 2. The molecule has 2 atom stereocenters. The van der Waals surface area contributed by atoms with Crippen molar-refractivity contribution < 1.29 is 36.8 Å². The van der Waals surface area contributed by atoms with Crippen molar-refractivity contribution in [2.75, 3.05) is 14.2 Å². The summed E-state index contributed by atoms with van der Waals surface area (Å²) in [6.45, 7) is -3.16. The number of esters is 2. The Morgan fingerprint density at radius 2 is 1.18 bits per heavy atom. The monoisotopic (exact) mass is 554 g/mol. The van der Waals surface area contributed by atoms with Crippen LogP contribution in [0.25, 0.3) is 0 Å². The third kappa shape index (κ3) is 3.16. The Morgan fingerprint density at radius 3 is 1.54 bits per heavy atom. The molecule has 9 heteroatoms. The third-order valence-corrected chi connectivity index (χ3v) is 14.5. The van der Waals surface area contributed by atoms with Crippen LogP contribution in [0.15, 0.2) is 114 Å². The van der Waals surface area contributed by atoms with Crippen LogP contribution in [0.2, 0.25) is 0 Å². The molecule has 0 bridgehead atoms. The number of ether oxygens (including phenoxy) is 2. The van der Waals surface area contributed by atoms with Crippen molar-refractivity contribution in [1.82, 2.24) is 0 Å². The summed E-state index contributed by atoms with van der Waals surface area (Å²) in [5.74, 6) is -2.05. The van der Waals surface area contributed by atoms with E-state index in [1.807, 2.05) is 0 Å². The van der Waals surface area contributed by atoms with Crippen molar-refractivity contribution in [3.05, 3.63) is 114 Å². The van der Waals surface area contributed by atoms with Gasteiger partial charge >= 0.3 is 224 Å². The Balaban J connectivity index is 2.07. The average molecular weight is 555 g/mol. The van der Waals surface area contributed by atoms with Gasteiger partial charge in [-0.3, -0.25) is 0 Å². The molecular weight excluding hydrogens is 528 g/mol. The molecular formula is C30H26F3O5P. The van der Waals surface area contributed by atoms with Crippen LogP contribution in [-0.2, 0) is 23.6 Å². The number of hydrogen-bond acceptors (Lipinski definition) is 5. The van der Waals surface area contributed by atoms with E-state index < -0.39 is 46.8 Å². The van der Waals surface area contributed by atoms with Gasteiger partial charge in [0.1, 0.15) is 0 Å². The minimum atomic E-state index is -4.92. The summed E-state index contributed by atoms with van der Waals surface area (Å²) in [6.07, 6.45) is -3.00. The van der Waals surface area contributed by atoms with E-state index in [4.69, 9.17) is 14.0 Å². The molecule has 0 radical (unpaired) electrons. The molecule has 0 saturated carbocycles. The van der Waals surface area contributed by atoms with Crippen LogP contribution in [0.5, 0.6) is 0 Å². The molecule has 202 valence electrons. The average Bonchev–Trinajstić information content (AvgIpc) is 2.95. The van der Waals surface area contributed by atoms with Gasteiger partial charge in [0.05, 0.1) is 0 Å². The van der Waals surface area contributed by atoms with Crippen LogP contribution in [-0.4, -0.2) is 43.1 Å². The standard InChI is InChI=1S/C30H26F3O5P/c1-28-20-25(30(31,32)33)24(26(34)36-2)19-29(28,27(35)37-3)39(38-28,21-13-7-4-8-14-21,22-15-9-5-10-16-22)23-17-11-6-12-18-23/h4-20H,1-3H3. The molecule has 3 aromatic carbocycles. The van der Waals surface area contributed by atoms with Crippen molar-refractivity contribution in [3.63, 3.8) is 0 Å². The molecule has 3 aromatic rings. The number of carbonyl (C=O) groups excluding carboxylic acids is 2. The Morgan fingerprint density at radius 1 is 0.744 bits per heavy atom. The van der Waals surface area contributed by atoms with E-state index >= 15 is 0 Å². The molecule has 0 aromatic heterocycles. The molecule has 1 saturated heterocycles. The van der Waals surface area contributed by atoms with E-state index in [1.165, 1.54) is 14.0 Å². The van der Waals surface area contributed by atoms with Gasteiger partial charge in [-0.1, -0.05) is 0 Å². The van der Waals surface area contributed by atoms with E-state index in [0.29, 0.717) is 15.9 Å². The Bertz CT molecular complexity index is 1400. The van der Waals surface area contributed by atoms with Crippen molar-refractivity contribution >= 4 is 34.7 Å². The minimum absolute atomic E-state index is 0.591. The number of benzene rings is 3. The predicted octanol–water partition coefficient (Wildman–Crippen LogP) is 4.73. The van der Waals surface area contributed by atoms with Gasteiger partial charge in [-0.2, -0.15) is 0 Å². The second-order valence-electron chi connectivity index (χ2n) is 9.60. The van der Waals surface area contributed by atoms with Crippen molar-refractivity contribution in [2.24, 2.45) is 0 Å². The number of fused-ring (bicyclic) bond motifs is 1. The molecule has 0 N–H and O–H groups in total. The predicted molar refractivity (Wildman–Crippen MR) is 144 cm³/mol. The summed E-state index contributed by atoms with van der Waals surface area (Å²) in [7, 11) is 2.18. The zero-order valence-electron chi connectivity index (χ0n) is 21.4. The molecule has 5 rings (SSSR count). The van der Waals surface area contributed by atoms with Gasteiger partial charge in [-0.15, -0.1) is 0 Å². The van der Waals surface area contributed by atoms with Crippen LogP contribution >= 0.6 is 6.83 Å². The summed E-state index contributed by atoms with van der Waals surface area (Å²) in [5.41, 5.74) is -3.85. The Kier molecular flexibility index (Phi) is 6.13. The molecule has 2 aliphatic rings. The van der Waals surface area contributed by atoms with Gasteiger partial charge < -0.3 is 0 Å². The van der Waals surface area contributed by atoms with Crippen LogP contribution in [0.3, 0.4) is 0 Å². The first-order valence-electron chi connectivity index (χ1n) is 12.1. The summed E-state index contributed by atoms with van der Waals surface area (Å²) in [5, 5.41) is -0.135. The maximum atomic E-state index is 14.4. The molecule has 1 aliphatic carbocycles. The van der Waals surface area contributed by atoms with Crippen LogP contribution in [0.1, 0.15) is 6.92 Å². The number of halogens is 3. The van der Waals surface area contributed by atoms with E-state index in [0.717, 1.165) is 19.3 Å². The van der Waals surface area contributed by atoms with Gasteiger partial charge in [0.25, 0.3) is 0 Å². The fraction of sp³-hybridized carbons (Fsp3) is 0.200. The molecule has 1 heterocycles. The topological polar surface area (TPSA) is 61.8 Å². The quantitative estimate of drug-likeness (QED) is 0.337. The molecule has 39 heavy (non-hydrogen) atoms. The van der Waals surface area contributed by atoms with Crippen molar-refractivity contribution in [1.29, 1.82) is 0 Å². The normalized spacial score (nSPS) is 25.8. The summed E-state index contributed by atoms with van der Waals surface area (Å²) in [6, 6.07) is 26.9. The van der Waals surface area contributed by atoms with Gasteiger partial charge in [0.2, 0.25) is 0 Å². The first-order valence-corrected chi connectivity index (χ1v) is 14.3. The van der Waals surface area contributed by atoms with E-state index in [-0.39, 0.29) is 0 Å². The van der Waals surface area contributed by atoms with Gasteiger partial charge in [0.15, 0.2) is 0 Å². The Hall–Kier alpha value is -3.74. The van der Waals surface area contributed by atoms with E-state index in [9.17, 15) is 22.8 Å². The van der Waals surface area contributed by atoms with E-state index in [2.05, 4.69) is 0 Å². The second kappa shape index (κ2) is 8.90. The van der Waals surface area contributed by atoms with Gasteiger partial charge in [-0.05, 0) is 0 Å². The molecule has 5 nitrogen and oxygen atoms in total. The Labute approximate surface area is 223 Å². The SMILES string of the molecule is COC(=O)C1=CC2(C(=O)OC)C(C)(C=C1C(F)(F)F)OP2(c1ccccc1)(c1ccccc1)c1ccccc1. The zero-order chi connectivity index (χ0) is 28.1. The summed E-state index contributed by atoms with van der Waals surface area (Å²) < 4.78 is 60.4. The molecule has 0 amide bonds. The second-order valence-corrected chi connectivity index (χ2v) is 14.1. The number of alkyl halides is 3. The van der Waals surface area contributed by atoms with Crippen molar-refractivity contribution in [2.45, 2.75) is 23.9 Å². The maximum absolute atomic E-state index is 14.4. The number of rotatable bonds is 5.